The number of piperidine rings is 1. The lowest BCUT2D eigenvalue weighted by Crippen LogP contribution is -2.36. The zero-order valence-electron chi connectivity index (χ0n) is 17.0. The summed E-state index contributed by atoms with van der Waals surface area (Å²) < 4.78 is 20.4. The lowest BCUT2D eigenvalue weighted by molar-refractivity contribution is 0.0725. The van der Waals surface area contributed by atoms with Gasteiger partial charge in [0.1, 0.15) is 11.0 Å². The molecular weight excluding hydrogens is 448 g/mol. The Hall–Kier alpha value is -2.20. The molecule has 0 saturated carbocycles. The number of carbonyl (C=O) groups excluding carboxylic acids is 1. The highest BCUT2D eigenvalue weighted by molar-refractivity contribution is 7.95. The predicted octanol–water partition coefficient (Wildman–Crippen LogP) is 4.92. The van der Waals surface area contributed by atoms with Gasteiger partial charge >= 0.3 is 0 Å². The summed E-state index contributed by atoms with van der Waals surface area (Å²) in [6.45, 7) is 1.53. The summed E-state index contributed by atoms with van der Waals surface area (Å²) in [5, 5.41) is 7.45. The Kier molecular flexibility index (Phi) is 7.39. The average Bonchev–Trinajstić information content (AvgIpc) is 3.35. The van der Waals surface area contributed by atoms with Gasteiger partial charge in [-0.2, -0.15) is 0 Å². The minimum absolute atomic E-state index is 0.0174. The zero-order valence-corrected chi connectivity index (χ0v) is 19.4. The summed E-state index contributed by atoms with van der Waals surface area (Å²) in [7, 11) is -1.51. The average molecular weight is 473 g/mol. The minimum Gasteiger partial charge on any atom is -0.339 e. The molecule has 3 N–H and O–H groups in total. The Balaban J connectivity index is 1.63. The first-order valence-electron chi connectivity index (χ1n) is 10.1. The number of hydrogen-bond donors (Lipinski definition) is 2. The third-order valence-electron chi connectivity index (χ3n) is 5.24. The maximum Gasteiger partial charge on any atom is 0.255 e. The molecule has 1 aliphatic heterocycles. The van der Waals surface area contributed by atoms with Crippen molar-refractivity contribution in [3.8, 4) is 10.4 Å². The van der Waals surface area contributed by atoms with E-state index >= 15 is 0 Å². The fourth-order valence-corrected chi connectivity index (χ4v) is 5.63. The first-order chi connectivity index (χ1) is 15.2. The van der Waals surface area contributed by atoms with Crippen LogP contribution in [0.15, 0.2) is 63.2 Å². The van der Waals surface area contributed by atoms with Crippen LogP contribution in [0.3, 0.4) is 0 Å². The number of allylic oxidation sites excluding steroid dienone is 4. The molecule has 1 saturated heterocycles. The van der Waals surface area contributed by atoms with E-state index in [1.54, 1.807) is 11.3 Å². The van der Waals surface area contributed by atoms with Crippen LogP contribution in [0.4, 0.5) is 5.69 Å². The molecule has 162 valence electrons. The molecule has 2 heterocycles. The number of benzene rings is 1. The second kappa shape index (κ2) is 10.4. The third-order valence-corrected chi connectivity index (χ3v) is 7.66. The molecule has 1 fully saturated rings. The van der Waals surface area contributed by atoms with Crippen molar-refractivity contribution >= 4 is 51.8 Å². The number of anilines is 1. The Morgan fingerprint density at radius 2 is 2.06 bits per heavy atom. The van der Waals surface area contributed by atoms with E-state index in [4.69, 9.17) is 5.14 Å². The number of amides is 1. The maximum atomic E-state index is 13.2. The molecule has 0 spiro atoms. The highest BCUT2D eigenvalue weighted by Gasteiger charge is 2.23. The van der Waals surface area contributed by atoms with E-state index in [2.05, 4.69) is 9.12 Å². The summed E-state index contributed by atoms with van der Waals surface area (Å²) >= 11 is 2.52. The SMILES string of the molecule is NS/N=C1/C=CC=C(S(=O)Nc2cc(-c3cccs3)ccc2C(=O)N2CCCCC2)C1. The number of nitrogens with two attached hydrogens (primary N) is 1. The molecule has 31 heavy (non-hydrogen) atoms. The first kappa shape index (κ1) is 22.0. The van der Waals surface area contributed by atoms with Gasteiger partial charge in [-0.3, -0.25) is 9.93 Å². The van der Waals surface area contributed by atoms with E-state index in [9.17, 15) is 9.00 Å². The van der Waals surface area contributed by atoms with Crippen LogP contribution >= 0.6 is 23.5 Å². The van der Waals surface area contributed by atoms with Gasteiger partial charge in [0.15, 0.2) is 0 Å². The van der Waals surface area contributed by atoms with E-state index in [0.717, 1.165) is 60.6 Å². The zero-order chi connectivity index (χ0) is 21.6. The fourth-order valence-electron chi connectivity index (χ4n) is 3.66. The van der Waals surface area contributed by atoms with Crippen molar-refractivity contribution in [1.29, 1.82) is 0 Å². The van der Waals surface area contributed by atoms with Gasteiger partial charge in [0.25, 0.3) is 5.91 Å². The van der Waals surface area contributed by atoms with Crippen LogP contribution in [0, 0.1) is 0 Å². The maximum absolute atomic E-state index is 13.2. The Labute approximate surface area is 193 Å². The molecule has 1 aromatic heterocycles. The molecule has 6 nitrogen and oxygen atoms in total. The summed E-state index contributed by atoms with van der Waals surface area (Å²) in [5.41, 5.74) is 2.89. The number of nitrogens with zero attached hydrogens (tertiary/aromatic N) is 2. The first-order valence-corrected chi connectivity index (χ1v) is 13.0. The Morgan fingerprint density at radius 1 is 1.23 bits per heavy atom. The summed E-state index contributed by atoms with van der Waals surface area (Å²) in [6, 6.07) is 9.76. The number of thiophene rings is 1. The number of carbonyl (C=O) groups is 1. The van der Waals surface area contributed by atoms with Crippen molar-refractivity contribution in [3.63, 3.8) is 0 Å². The number of nitrogens with one attached hydrogen (secondary N) is 1. The van der Waals surface area contributed by atoms with Crippen molar-refractivity contribution in [2.45, 2.75) is 25.7 Å². The van der Waals surface area contributed by atoms with Crippen molar-refractivity contribution < 1.29 is 9.00 Å². The van der Waals surface area contributed by atoms with Crippen molar-refractivity contribution in [2.24, 2.45) is 9.54 Å². The van der Waals surface area contributed by atoms with Crippen LogP contribution in [-0.4, -0.2) is 33.8 Å². The van der Waals surface area contributed by atoms with Gasteiger partial charge in [0.05, 0.1) is 29.1 Å². The number of hydrogen-bond acceptors (Lipinski definition) is 6. The van der Waals surface area contributed by atoms with Crippen LogP contribution in [0.5, 0.6) is 0 Å². The molecule has 0 bridgehead atoms. The minimum atomic E-state index is -1.51. The van der Waals surface area contributed by atoms with Crippen molar-refractivity contribution in [3.05, 3.63) is 64.4 Å². The quantitative estimate of drug-likeness (QED) is 0.584. The highest BCUT2D eigenvalue weighted by atomic mass is 32.2. The van der Waals surface area contributed by atoms with E-state index in [1.165, 1.54) is 0 Å². The molecule has 1 unspecified atom stereocenters. The normalized spacial score (nSPS) is 18.7. The summed E-state index contributed by atoms with van der Waals surface area (Å²) in [5.74, 6) is -0.0174. The standard InChI is InChI=1S/C22H24N4O2S3/c23-30-24-17-6-4-7-18(15-17)31(28)25-20-14-16(21-8-5-13-29-21)9-10-19(20)22(27)26-11-2-1-3-12-26/h4-10,13-14,25H,1-3,11-12,15,23H2/b24-17-. The molecule has 9 heteroatoms. The highest BCUT2D eigenvalue weighted by Crippen LogP contribution is 2.31. The van der Waals surface area contributed by atoms with Gasteiger partial charge in [-0.1, -0.05) is 18.2 Å². The van der Waals surface area contributed by atoms with E-state index in [-0.39, 0.29) is 5.91 Å². The molecule has 1 amide bonds. The topological polar surface area (TPSA) is 87.8 Å². The smallest absolute Gasteiger partial charge is 0.255 e. The van der Waals surface area contributed by atoms with Crippen LogP contribution in [0.2, 0.25) is 0 Å². The Morgan fingerprint density at radius 3 is 2.81 bits per heavy atom. The number of rotatable bonds is 6. The summed E-state index contributed by atoms with van der Waals surface area (Å²) in [6.07, 6.45) is 9.13. The van der Waals surface area contributed by atoms with Gasteiger partial charge in [-0.15, -0.1) is 11.3 Å². The third kappa shape index (κ3) is 5.35. The molecule has 2 aliphatic rings. The molecule has 4 rings (SSSR count). The molecule has 2 aromatic rings. The fraction of sp³-hybridized carbons (Fsp3) is 0.273. The molecule has 1 aliphatic carbocycles. The van der Waals surface area contributed by atoms with E-state index in [1.807, 2.05) is 58.8 Å². The molecular formula is C22H24N4O2S3. The Bertz CT molecular complexity index is 1050. The second-order valence-electron chi connectivity index (χ2n) is 7.32. The van der Waals surface area contributed by atoms with Gasteiger partial charge in [-0.25, -0.2) is 8.61 Å². The van der Waals surface area contributed by atoms with Crippen molar-refractivity contribution in [2.75, 3.05) is 17.8 Å². The second-order valence-corrected chi connectivity index (χ2v) is 9.93. The lowest BCUT2D eigenvalue weighted by Gasteiger charge is -2.27. The van der Waals surface area contributed by atoms with Crippen molar-refractivity contribution in [1.82, 2.24) is 4.90 Å². The van der Waals surface area contributed by atoms with E-state index in [0.29, 0.717) is 22.6 Å². The molecule has 0 radical (unpaired) electrons. The van der Waals surface area contributed by atoms with Crippen LogP contribution in [-0.2, 0) is 11.0 Å². The molecule has 1 aromatic carbocycles. The number of likely N-dealkylation sites (tertiary alicyclic amines) is 1. The van der Waals surface area contributed by atoms with Crippen LogP contribution in [0.25, 0.3) is 10.4 Å². The lowest BCUT2D eigenvalue weighted by atomic mass is 10.0. The molecule has 1 atom stereocenters. The van der Waals surface area contributed by atoms with E-state index < -0.39 is 11.0 Å². The predicted molar refractivity (Wildman–Crippen MR) is 132 cm³/mol. The van der Waals surface area contributed by atoms with Gasteiger partial charge in [0.2, 0.25) is 0 Å². The van der Waals surface area contributed by atoms with Gasteiger partial charge in [-0.05, 0) is 60.6 Å². The monoisotopic (exact) mass is 472 g/mol. The largest absolute Gasteiger partial charge is 0.339 e. The van der Waals surface area contributed by atoms with Crippen LogP contribution in [0.1, 0.15) is 36.0 Å². The van der Waals surface area contributed by atoms with Gasteiger partial charge in [0, 0.05) is 29.3 Å². The van der Waals surface area contributed by atoms with Crippen LogP contribution < -0.4 is 9.86 Å². The summed E-state index contributed by atoms with van der Waals surface area (Å²) in [4.78, 5) is 16.9. The van der Waals surface area contributed by atoms with Gasteiger partial charge < -0.3 is 9.62 Å².